The molecule has 0 unspecified atom stereocenters. The highest BCUT2D eigenvalue weighted by Gasteiger charge is 2.20. The second-order valence-electron chi connectivity index (χ2n) is 5.89. The first kappa shape index (κ1) is 17.3. The molecule has 1 aromatic heterocycles. The van der Waals surface area contributed by atoms with E-state index in [4.69, 9.17) is 11.6 Å². The molecule has 2 rings (SSSR count). The van der Waals surface area contributed by atoms with Gasteiger partial charge in [-0.05, 0) is 57.4 Å². The van der Waals surface area contributed by atoms with E-state index in [-0.39, 0.29) is 17.7 Å². The zero-order valence-corrected chi connectivity index (χ0v) is 14.5. The number of carbonyl (C=O) groups is 2. The smallest absolute Gasteiger partial charge is 0.268 e. The van der Waals surface area contributed by atoms with Gasteiger partial charge < -0.3 is 10.3 Å². The van der Waals surface area contributed by atoms with Crippen molar-refractivity contribution in [2.24, 2.45) is 0 Å². The van der Waals surface area contributed by atoms with Crippen molar-refractivity contribution in [1.29, 1.82) is 0 Å². The average Bonchev–Trinajstić information content (AvgIpc) is 2.73. The van der Waals surface area contributed by atoms with Crippen molar-refractivity contribution in [3.63, 3.8) is 0 Å². The Balaban J connectivity index is 2.10. The number of hydrogen-bond acceptors (Lipinski definition) is 2. The summed E-state index contributed by atoms with van der Waals surface area (Å²) in [6.07, 6.45) is 0.685. The fraction of sp³-hybridized carbons (Fsp3) is 0.333. The Morgan fingerprint density at radius 3 is 2.57 bits per heavy atom. The molecule has 5 heteroatoms. The average molecular weight is 333 g/mol. The summed E-state index contributed by atoms with van der Waals surface area (Å²) in [5, 5.41) is 3.64. The Hall–Kier alpha value is -2.07. The number of Topliss-reactive ketones (excluding diaryl/α,β-unsaturated/α-hetero) is 1. The summed E-state index contributed by atoms with van der Waals surface area (Å²) in [6, 6.07) is 7.53. The van der Waals surface area contributed by atoms with Crippen LogP contribution in [0.25, 0.3) is 0 Å². The summed E-state index contributed by atoms with van der Waals surface area (Å²) < 4.78 is 0. The van der Waals surface area contributed by atoms with Gasteiger partial charge in [-0.2, -0.15) is 0 Å². The standard InChI is InChI=1S/C18H21ClN2O2/c1-10(8-14-6-5-7-15(19)9-14)20-18(23)17-11(2)16(13(4)22)12(3)21-17/h5-7,9-10,21H,8H2,1-4H3,(H,20,23)/t10-/m0/s1. The Labute approximate surface area is 141 Å². The molecule has 1 amide bonds. The maximum absolute atomic E-state index is 12.4. The van der Waals surface area contributed by atoms with Crippen LogP contribution in [-0.4, -0.2) is 22.7 Å². The van der Waals surface area contributed by atoms with Gasteiger partial charge in [0.1, 0.15) is 5.69 Å². The van der Waals surface area contributed by atoms with Gasteiger partial charge >= 0.3 is 0 Å². The SMILES string of the molecule is CC(=O)c1c(C)[nH]c(C(=O)N[C@@H](C)Cc2cccc(Cl)c2)c1C. The zero-order valence-electron chi connectivity index (χ0n) is 13.8. The first-order valence-electron chi connectivity index (χ1n) is 7.55. The normalized spacial score (nSPS) is 12.0. The van der Waals surface area contributed by atoms with E-state index in [0.717, 1.165) is 11.3 Å². The third-order valence-corrected chi connectivity index (χ3v) is 4.06. The summed E-state index contributed by atoms with van der Waals surface area (Å²) in [6.45, 7) is 7.04. The predicted octanol–water partition coefficient (Wildman–Crippen LogP) is 3.85. The Morgan fingerprint density at radius 2 is 2.00 bits per heavy atom. The van der Waals surface area contributed by atoms with E-state index in [1.807, 2.05) is 31.2 Å². The number of halogens is 1. The Bertz CT molecular complexity index is 749. The number of hydrogen-bond donors (Lipinski definition) is 2. The molecule has 0 aliphatic rings. The van der Waals surface area contributed by atoms with Crippen LogP contribution in [0.15, 0.2) is 24.3 Å². The maximum atomic E-state index is 12.4. The van der Waals surface area contributed by atoms with Gasteiger partial charge in [-0.15, -0.1) is 0 Å². The number of H-pyrrole nitrogens is 1. The maximum Gasteiger partial charge on any atom is 0.268 e. The van der Waals surface area contributed by atoms with Crippen molar-refractivity contribution in [3.05, 3.63) is 57.4 Å². The van der Waals surface area contributed by atoms with Crippen LogP contribution in [0.5, 0.6) is 0 Å². The molecule has 4 nitrogen and oxygen atoms in total. The molecule has 0 saturated carbocycles. The van der Waals surface area contributed by atoms with E-state index >= 15 is 0 Å². The van der Waals surface area contributed by atoms with Crippen LogP contribution in [0.4, 0.5) is 0 Å². The van der Waals surface area contributed by atoms with Gasteiger partial charge in [-0.25, -0.2) is 0 Å². The van der Waals surface area contributed by atoms with Crippen molar-refractivity contribution in [2.45, 2.75) is 40.2 Å². The number of rotatable bonds is 5. The van der Waals surface area contributed by atoms with Crippen LogP contribution in [-0.2, 0) is 6.42 Å². The van der Waals surface area contributed by atoms with Crippen LogP contribution in [0.3, 0.4) is 0 Å². The van der Waals surface area contributed by atoms with Crippen molar-refractivity contribution in [1.82, 2.24) is 10.3 Å². The molecule has 0 aliphatic heterocycles. The van der Waals surface area contributed by atoms with Crippen molar-refractivity contribution >= 4 is 23.3 Å². The second kappa shape index (κ2) is 7.01. The third-order valence-electron chi connectivity index (χ3n) is 3.83. The van der Waals surface area contributed by atoms with Crippen LogP contribution in [0.1, 0.15) is 51.5 Å². The molecule has 1 atom stereocenters. The van der Waals surface area contributed by atoms with Crippen LogP contribution >= 0.6 is 11.6 Å². The quantitative estimate of drug-likeness (QED) is 0.817. The number of amides is 1. The number of aromatic amines is 1. The molecule has 0 bridgehead atoms. The van der Waals surface area contributed by atoms with E-state index in [9.17, 15) is 9.59 Å². The summed E-state index contributed by atoms with van der Waals surface area (Å²) in [5.41, 5.74) is 3.53. The van der Waals surface area contributed by atoms with Gasteiger partial charge in [-0.3, -0.25) is 9.59 Å². The van der Waals surface area contributed by atoms with E-state index in [2.05, 4.69) is 10.3 Å². The van der Waals surface area contributed by atoms with Gasteiger partial charge in [0.15, 0.2) is 5.78 Å². The molecular formula is C18H21ClN2O2. The number of nitrogens with one attached hydrogen (secondary N) is 2. The number of benzene rings is 1. The van der Waals surface area contributed by atoms with Crippen LogP contribution in [0.2, 0.25) is 5.02 Å². The molecule has 1 heterocycles. The number of aromatic nitrogens is 1. The third kappa shape index (κ3) is 4.02. The first-order valence-corrected chi connectivity index (χ1v) is 7.92. The summed E-state index contributed by atoms with van der Waals surface area (Å²) in [7, 11) is 0. The monoisotopic (exact) mass is 332 g/mol. The summed E-state index contributed by atoms with van der Waals surface area (Å²) in [5.74, 6) is -0.241. The molecule has 122 valence electrons. The molecule has 0 radical (unpaired) electrons. The van der Waals surface area contributed by atoms with Gasteiger partial charge in [0.2, 0.25) is 0 Å². The summed E-state index contributed by atoms with van der Waals surface area (Å²) >= 11 is 5.98. The lowest BCUT2D eigenvalue weighted by atomic mass is 10.1. The highest BCUT2D eigenvalue weighted by atomic mass is 35.5. The fourth-order valence-corrected chi connectivity index (χ4v) is 3.08. The molecule has 2 aromatic rings. The number of aryl methyl sites for hydroxylation is 1. The lowest BCUT2D eigenvalue weighted by molar-refractivity contribution is 0.0934. The van der Waals surface area contributed by atoms with Gasteiger partial charge in [0.25, 0.3) is 5.91 Å². The van der Waals surface area contributed by atoms with Crippen molar-refractivity contribution in [2.75, 3.05) is 0 Å². The zero-order chi connectivity index (χ0) is 17.1. The van der Waals surface area contributed by atoms with Gasteiger partial charge in [-0.1, -0.05) is 23.7 Å². The molecule has 0 aliphatic carbocycles. The van der Waals surface area contributed by atoms with Gasteiger partial charge in [0, 0.05) is 22.3 Å². The summed E-state index contributed by atoms with van der Waals surface area (Å²) in [4.78, 5) is 27.1. The first-order chi connectivity index (χ1) is 10.8. The van der Waals surface area contributed by atoms with Crippen molar-refractivity contribution < 1.29 is 9.59 Å². The minimum absolute atomic E-state index is 0.0396. The molecule has 2 N–H and O–H groups in total. The van der Waals surface area contributed by atoms with E-state index in [1.54, 1.807) is 13.8 Å². The topological polar surface area (TPSA) is 62.0 Å². The lowest BCUT2D eigenvalue weighted by Crippen LogP contribution is -2.34. The van der Waals surface area contributed by atoms with E-state index < -0.39 is 0 Å². The number of ketones is 1. The predicted molar refractivity (Wildman–Crippen MR) is 92.4 cm³/mol. The lowest BCUT2D eigenvalue weighted by Gasteiger charge is -2.14. The van der Waals surface area contributed by atoms with E-state index in [0.29, 0.717) is 28.3 Å². The number of carbonyl (C=O) groups excluding carboxylic acids is 2. The minimum Gasteiger partial charge on any atom is -0.354 e. The Kier molecular flexibility index (Phi) is 5.26. The minimum atomic E-state index is -0.201. The molecule has 0 spiro atoms. The molecule has 23 heavy (non-hydrogen) atoms. The van der Waals surface area contributed by atoms with Crippen LogP contribution < -0.4 is 5.32 Å². The highest BCUT2D eigenvalue weighted by molar-refractivity contribution is 6.30. The van der Waals surface area contributed by atoms with Crippen LogP contribution in [0, 0.1) is 13.8 Å². The van der Waals surface area contributed by atoms with Crippen molar-refractivity contribution in [3.8, 4) is 0 Å². The second-order valence-corrected chi connectivity index (χ2v) is 6.33. The Morgan fingerprint density at radius 1 is 1.30 bits per heavy atom. The molecule has 1 aromatic carbocycles. The van der Waals surface area contributed by atoms with E-state index in [1.165, 1.54) is 6.92 Å². The molecule has 0 saturated heterocycles. The molecule has 0 fully saturated rings. The molecular weight excluding hydrogens is 312 g/mol. The van der Waals surface area contributed by atoms with Gasteiger partial charge in [0.05, 0.1) is 0 Å². The highest BCUT2D eigenvalue weighted by Crippen LogP contribution is 2.19. The largest absolute Gasteiger partial charge is 0.354 e. The fourth-order valence-electron chi connectivity index (χ4n) is 2.87.